The lowest BCUT2D eigenvalue weighted by molar-refractivity contribution is 0.0375. The molecule has 7 heteroatoms. The Bertz CT molecular complexity index is 1120. The van der Waals surface area contributed by atoms with Gasteiger partial charge >= 0.3 is 6.03 Å². The molecule has 0 radical (unpaired) electrons. The first kappa shape index (κ1) is 27.8. The van der Waals surface area contributed by atoms with Crippen molar-refractivity contribution in [2.45, 2.75) is 57.8 Å². The van der Waals surface area contributed by atoms with Crippen molar-refractivity contribution >= 4 is 17.5 Å². The number of morpholine rings is 1. The van der Waals surface area contributed by atoms with Crippen molar-refractivity contribution in [3.05, 3.63) is 64.7 Å². The zero-order valence-electron chi connectivity index (χ0n) is 22.5. The summed E-state index contributed by atoms with van der Waals surface area (Å²) in [5, 5.41) is 14.9. The maximum Gasteiger partial charge on any atom is 0.319 e. The topological polar surface area (TPSA) is 94.5 Å². The number of nitrogens with zero attached hydrogens (tertiary/aromatic N) is 2. The number of benzene rings is 2. The largest absolute Gasteiger partial charge is 0.379 e. The van der Waals surface area contributed by atoms with E-state index in [0.717, 1.165) is 76.9 Å². The highest BCUT2D eigenvalue weighted by Crippen LogP contribution is 2.36. The Morgan fingerprint density at radius 3 is 2.61 bits per heavy atom. The van der Waals surface area contributed by atoms with Crippen molar-refractivity contribution in [3.8, 4) is 6.07 Å². The third-order valence-electron chi connectivity index (χ3n) is 7.92. The van der Waals surface area contributed by atoms with Gasteiger partial charge in [0.25, 0.3) is 0 Å². The summed E-state index contributed by atoms with van der Waals surface area (Å²) in [5.74, 6) is 1.00. The van der Waals surface area contributed by atoms with E-state index in [0.29, 0.717) is 41.6 Å². The van der Waals surface area contributed by atoms with Crippen LogP contribution in [-0.4, -0.2) is 56.1 Å². The van der Waals surface area contributed by atoms with Crippen LogP contribution in [0, 0.1) is 24.2 Å². The number of aryl methyl sites for hydroxylation is 1. The smallest absolute Gasteiger partial charge is 0.319 e. The van der Waals surface area contributed by atoms with Gasteiger partial charge < -0.3 is 15.4 Å². The fourth-order valence-electron chi connectivity index (χ4n) is 5.55. The Balaban J connectivity index is 1.24. The molecular weight excluding hydrogens is 476 g/mol. The molecule has 2 atom stereocenters. The van der Waals surface area contributed by atoms with Gasteiger partial charge in [0, 0.05) is 37.3 Å². The summed E-state index contributed by atoms with van der Waals surface area (Å²) in [4.78, 5) is 28.0. The molecule has 0 spiro atoms. The summed E-state index contributed by atoms with van der Waals surface area (Å²) in [6.07, 6.45) is 6.80. The first-order valence-electron chi connectivity index (χ1n) is 14.0. The lowest BCUT2D eigenvalue weighted by atomic mass is 9.89. The standard InChI is InChI=1S/C31H40N4O3/c1-23-6-10-28(21-29(23)34-31(37)33-14-3-15-35-16-18-38-19-17-35)30(36)20-24-4-2-5-26(11-7-24)27-12-8-25(22-32)9-13-27/h6,8-10,12-13,21,24,26H,2-5,7,11,14-20H2,1H3,(H2,33,34,37)/t24-,26?/m0/s1. The molecule has 202 valence electrons. The molecule has 0 bridgehead atoms. The van der Waals surface area contributed by atoms with Crippen molar-refractivity contribution in [3.63, 3.8) is 0 Å². The highest BCUT2D eigenvalue weighted by atomic mass is 16.5. The van der Waals surface area contributed by atoms with Crippen LogP contribution in [0.1, 0.15) is 77.9 Å². The number of hydrogen-bond donors (Lipinski definition) is 2. The zero-order chi connectivity index (χ0) is 26.7. The van der Waals surface area contributed by atoms with E-state index >= 15 is 0 Å². The van der Waals surface area contributed by atoms with Gasteiger partial charge in [-0.25, -0.2) is 4.79 Å². The normalized spacial score (nSPS) is 20.2. The molecule has 2 aromatic rings. The molecule has 7 nitrogen and oxygen atoms in total. The molecule has 2 aromatic carbocycles. The molecule has 1 unspecified atom stereocenters. The van der Waals surface area contributed by atoms with E-state index in [9.17, 15) is 9.59 Å². The van der Waals surface area contributed by atoms with Crippen molar-refractivity contribution in [2.24, 2.45) is 5.92 Å². The van der Waals surface area contributed by atoms with Crippen LogP contribution in [0.4, 0.5) is 10.5 Å². The molecule has 2 fully saturated rings. The zero-order valence-corrected chi connectivity index (χ0v) is 22.5. The number of ether oxygens (including phenoxy) is 1. The number of Topliss-reactive ketones (excluding diaryl/α,β-unsaturated/α-hetero) is 1. The fourth-order valence-corrected chi connectivity index (χ4v) is 5.55. The number of anilines is 1. The summed E-state index contributed by atoms with van der Waals surface area (Å²) < 4.78 is 5.37. The van der Waals surface area contributed by atoms with Gasteiger partial charge in [0.2, 0.25) is 0 Å². The van der Waals surface area contributed by atoms with Gasteiger partial charge in [0.1, 0.15) is 0 Å². The van der Waals surface area contributed by atoms with E-state index in [1.54, 1.807) is 0 Å². The molecule has 1 aliphatic carbocycles. The molecule has 2 amide bonds. The SMILES string of the molecule is Cc1ccc(C(=O)C[C@H]2CCCC(c3ccc(C#N)cc3)CC2)cc1NC(=O)NCCCN1CCOCC1. The average molecular weight is 517 g/mol. The Morgan fingerprint density at radius 2 is 1.84 bits per heavy atom. The van der Waals surface area contributed by atoms with E-state index in [1.165, 1.54) is 5.56 Å². The molecular formula is C31H40N4O3. The van der Waals surface area contributed by atoms with Gasteiger partial charge in [-0.15, -0.1) is 0 Å². The van der Waals surface area contributed by atoms with E-state index in [-0.39, 0.29) is 11.8 Å². The number of urea groups is 1. The maximum absolute atomic E-state index is 13.2. The van der Waals surface area contributed by atoms with Crippen LogP contribution >= 0.6 is 0 Å². The predicted octanol–water partition coefficient (Wildman–Crippen LogP) is 5.65. The second-order valence-electron chi connectivity index (χ2n) is 10.7. The third-order valence-corrected chi connectivity index (χ3v) is 7.92. The van der Waals surface area contributed by atoms with Crippen LogP contribution in [0.25, 0.3) is 0 Å². The van der Waals surface area contributed by atoms with Crippen LogP contribution in [-0.2, 0) is 4.74 Å². The van der Waals surface area contributed by atoms with Crippen molar-refractivity contribution < 1.29 is 14.3 Å². The number of ketones is 1. The van der Waals surface area contributed by atoms with E-state index < -0.39 is 0 Å². The highest BCUT2D eigenvalue weighted by Gasteiger charge is 2.23. The van der Waals surface area contributed by atoms with Crippen molar-refractivity contribution in [1.29, 1.82) is 5.26 Å². The lowest BCUT2D eigenvalue weighted by Gasteiger charge is -2.26. The van der Waals surface area contributed by atoms with Crippen LogP contribution in [0.5, 0.6) is 0 Å². The Hall–Kier alpha value is -3.21. The van der Waals surface area contributed by atoms with Gasteiger partial charge in [0.05, 0.1) is 24.8 Å². The Labute approximate surface area is 226 Å². The number of hydrogen-bond acceptors (Lipinski definition) is 5. The summed E-state index contributed by atoms with van der Waals surface area (Å²) in [6.45, 7) is 6.95. The van der Waals surface area contributed by atoms with E-state index in [1.807, 2.05) is 37.3 Å². The van der Waals surface area contributed by atoms with Crippen LogP contribution in [0.3, 0.4) is 0 Å². The number of carbonyl (C=O) groups is 2. The first-order chi connectivity index (χ1) is 18.5. The number of nitriles is 1. The molecule has 2 N–H and O–H groups in total. The van der Waals surface area contributed by atoms with Gasteiger partial charge in [-0.3, -0.25) is 9.69 Å². The van der Waals surface area contributed by atoms with Gasteiger partial charge in [-0.2, -0.15) is 5.26 Å². The minimum Gasteiger partial charge on any atom is -0.379 e. The number of rotatable bonds is 9. The maximum atomic E-state index is 13.2. The average Bonchev–Trinajstić information content (AvgIpc) is 3.18. The monoisotopic (exact) mass is 516 g/mol. The quantitative estimate of drug-likeness (QED) is 0.255. The predicted molar refractivity (Wildman–Crippen MR) is 149 cm³/mol. The number of amides is 2. The molecule has 4 rings (SSSR count). The molecule has 1 saturated heterocycles. The molecule has 1 aliphatic heterocycles. The number of carbonyl (C=O) groups excluding carboxylic acids is 2. The summed E-state index contributed by atoms with van der Waals surface area (Å²) in [6, 6.07) is 15.5. The minimum atomic E-state index is -0.239. The Kier molecular flexibility index (Phi) is 10.3. The van der Waals surface area contributed by atoms with Crippen LogP contribution in [0.2, 0.25) is 0 Å². The van der Waals surface area contributed by atoms with Crippen LogP contribution < -0.4 is 10.6 Å². The molecule has 2 aliphatic rings. The number of nitrogens with one attached hydrogen (secondary N) is 2. The van der Waals surface area contributed by atoms with Gasteiger partial charge in [-0.1, -0.05) is 30.7 Å². The highest BCUT2D eigenvalue weighted by molar-refractivity contribution is 5.98. The summed E-state index contributed by atoms with van der Waals surface area (Å²) >= 11 is 0. The van der Waals surface area contributed by atoms with E-state index in [2.05, 4.69) is 33.7 Å². The second-order valence-corrected chi connectivity index (χ2v) is 10.7. The first-order valence-corrected chi connectivity index (χ1v) is 14.0. The minimum absolute atomic E-state index is 0.140. The van der Waals surface area contributed by atoms with Gasteiger partial charge in [-0.05, 0) is 86.7 Å². The molecule has 1 saturated carbocycles. The van der Waals surface area contributed by atoms with Gasteiger partial charge in [0.15, 0.2) is 5.78 Å². The van der Waals surface area contributed by atoms with Crippen LogP contribution in [0.15, 0.2) is 42.5 Å². The third kappa shape index (κ3) is 8.14. The molecule has 0 aromatic heterocycles. The summed E-state index contributed by atoms with van der Waals surface area (Å²) in [5.41, 5.74) is 4.27. The van der Waals surface area contributed by atoms with Crippen molar-refractivity contribution in [1.82, 2.24) is 10.2 Å². The summed E-state index contributed by atoms with van der Waals surface area (Å²) in [7, 11) is 0. The second kappa shape index (κ2) is 14.1. The van der Waals surface area contributed by atoms with E-state index in [4.69, 9.17) is 10.00 Å². The molecule has 1 heterocycles. The Morgan fingerprint density at radius 1 is 1.05 bits per heavy atom. The molecule has 38 heavy (non-hydrogen) atoms. The lowest BCUT2D eigenvalue weighted by Crippen LogP contribution is -2.38. The fraction of sp³-hybridized carbons (Fsp3) is 0.516. The van der Waals surface area contributed by atoms with Crippen molar-refractivity contribution in [2.75, 3.05) is 44.7 Å².